The second-order valence-corrected chi connectivity index (χ2v) is 7.40. The number of likely N-dealkylation sites (tertiary alicyclic amines) is 1. The number of carbonyl (C=O) groups is 3. The highest BCUT2D eigenvalue weighted by atomic mass is 16.5. The molecule has 0 radical (unpaired) electrons. The predicted molar refractivity (Wildman–Crippen MR) is 112 cm³/mol. The Bertz CT molecular complexity index is 858. The molecule has 2 aromatic carbocycles. The molecule has 3 rings (SSSR count). The third-order valence-electron chi connectivity index (χ3n) is 5.54. The molecule has 0 atom stereocenters. The first-order valence-electron chi connectivity index (χ1n) is 10.3. The summed E-state index contributed by atoms with van der Waals surface area (Å²) in [5.41, 5.74) is -0.335. The normalized spacial score (nSPS) is 15.3. The summed E-state index contributed by atoms with van der Waals surface area (Å²) in [6.45, 7) is 3.13. The van der Waals surface area contributed by atoms with Gasteiger partial charge in [-0.1, -0.05) is 48.5 Å². The summed E-state index contributed by atoms with van der Waals surface area (Å²) in [6, 6.07) is 18.0. The van der Waals surface area contributed by atoms with Crippen molar-refractivity contribution >= 4 is 17.7 Å². The van der Waals surface area contributed by atoms with E-state index < -0.39 is 17.1 Å². The van der Waals surface area contributed by atoms with E-state index in [-0.39, 0.29) is 5.97 Å². The van der Waals surface area contributed by atoms with E-state index in [0.29, 0.717) is 51.1 Å². The Morgan fingerprint density at radius 3 is 2.13 bits per heavy atom. The molecule has 0 aromatic heterocycles. The highest BCUT2D eigenvalue weighted by Crippen LogP contribution is 2.37. The maximum Gasteiger partial charge on any atom is 0.312 e. The SMILES string of the molecule is CCOC(=O)C1(CCOc2ccccc2)CCN(C(=O)C(=O)c2ccccc2)CC1. The van der Waals surface area contributed by atoms with Gasteiger partial charge in [0, 0.05) is 18.7 Å². The number of para-hydroxylation sites is 1. The van der Waals surface area contributed by atoms with E-state index in [2.05, 4.69) is 0 Å². The fourth-order valence-electron chi connectivity index (χ4n) is 3.72. The van der Waals surface area contributed by atoms with Gasteiger partial charge in [-0.25, -0.2) is 0 Å². The molecule has 0 unspecified atom stereocenters. The van der Waals surface area contributed by atoms with Crippen LogP contribution in [0, 0.1) is 5.41 Å². The molecule has 0 aliphatic carbocycles. The minimum absolute atomic E-state index is 0.261. The lowest BCUT2D eigenvalue weighted by Crippen LogP contribution is -2.49. The van der Waals surface area contributed by atoms with Crippen LogP contribution in [-0.4, -0.2) is 48.9 Å². The van der Waals surface area contributed by atoms with Crippen molar-refractivity contribution in [2.24, 2.45) is 5.41 Å². The molecular weight excluding hydrogens is 382 g/mol. The topological polar surface area (TPSA) is 72.9 Å². The van der Waals surface area contributed by atoms with Gasteiger partial charge in [-0.15, -0.1) is 0 Å². The number of nitrogens with zero attached hydrogens (tertiary/aromatic N) is 1. The number of benzene rings is 2. The van der Waals surface area contributed by atoms with Crippen molar-refractivity contribution in [1.29, 1.82) is 0 Å². The van der Waals surface area contributed by atoms with Crippen LogP contribution >= 0.6 is 0 Å². The number of ether oxygens (including phenoxy) is 2. The number of hydrogen-bond acceptors (Lipinski definition) is 5. The van der Waals surface area contributed by atoms with Crippen molar-refractivity contribution in [1.82, 2.24) is 4.90 Å². The first-order chi connectivity index (χ1) is 14.6. The predicted octanol–water partition coefficient (Wildman–Crippen LogP) is 3.51. The quantitative estimate of drug-likeness (QED) is 0.379. The molecule has 1 aliphatic heterocycles. The number of rotatable bonds is 8. The summed E-state index contributed by atoms with van der Waals surface area (Å²) < 4.78 is 11.1. The van der Waals surface area contributed by atoms with Crippen molar-refractivity contribution in [2.45, 2.75) is 26.2 Å². The van der Waals surface area contributed by atoms with E-state index in [9.17, 15) is 14.4 Å². The van der Waals surface area contributed by atoms with Crippen molar-refractivity contribution < 1.29 is 23.9 Å². The van der Waals surface area contributed by atoms with Gasteiger partial charge in [-0.2, -0.15) is 0 Å². The molecule has 6 heteroatoms. The average Bonchev–Trinajstić information content (AvgIpc) is 2.80. The van der Waals surface area contributed by atoms with Crippen LogP contribution < -0.4 is 4.74 Å². The van der Waals surface area contributed by atoms with Gasteiger partial charge >= 0.3 is 5.97 Å². The number of hydrogen-bond donors (Lipinski definition) is 0. The second-order valence-electron chi connectivity index (χ2n) is 7.40. The second kappa shape index (κ2) is 10.1. The fraction of sp³-hybridized carbons (Fsp3) is 0.375. The fourth-order valence-corrected chi connectivity index (χ4v) is 3.72. The average molecular weight is 409 g/mol. The zero-order valence-corrected chi connectivity index (χ0v) is 17.2. The van der Waals surface area contributed by atoms with Gasteiger partial charge < -0.3 is 14.4 Å². The molecule has 2 aromatic rings. The molecule has 0 N–H and O–H groups in total. The van der Waals surface area contributed by atoms with E-state index in [1.807, 2.05) is 30.3 Å². The van der Waals surface area contributed by atoms with Crippen molar-refractivity contribution in [2.75, 3.05) is 26.3 Å². The highest BCUT2D eigenvalue weighted by Gasteiger charge is 2.44. The first kappa shape index (κ1) is 21.6. The van der Waals surface area contributed by atoms with Crippen LogP contribution in [-0.2, 0) is 14.3 Å². The van der Waals surface area contributed by atoms with Crippen molar-refractivity contribution in [3.05, 3.63) is 66.2 Å². The maximum atomic E-state index is 12.7. The number of piperidine rings is 1. The zero-order chi connectivity index (χ0) is 21.4. The Morgan fingerprint density at radius 1 is 0.933 bits per heavy atom. The summed E-state index contributed by atoms with van der Waals surface area (Å²) in [4.78, 5) is 39.4. The largest absolute Gasteiger partial charge is 0.494 e. The van der Waals surface area contributed by atoms with Gasteiger partial charge in [0.1, 0.15) is 5.75 Å². The molecule has 1 fully saturated rings. The molecular formula is C24H27NO5. The van der Waals surface area contributed by atoms with Gasteiger partial charge in [0.05, 0.1) is 18.6 Å². The molecule has 1 saturated heterocycles. The van der Waals surface area contributed by atoms with Crippen LogP contribution in [0.25, 0.3) is 0 Å². The number of ketones is 1. The minimum Gasteiger partial charge on any atom is -0.494 e. The van der Waals surface area contributed by atoms with Gasteiger partial charge in [-0.05, 0) is 38.3 Å². The van der Waals surface area contributed by atoms with Gasteiger partial charge in [0.2, 0.25) is 5.78 Å². The van der Waals surface area contributed by atoms with E-state index in [4.69, 9.17) is 9.47 Å². The monoisotopic (exact) mass is 409 g/mol. The van der Waals surface area contributed by atoms with E-state index in [1.165, 1.54) is 4.90 Å². The molecule has 30 heavy (non-hydrogen) atoms. The zero-order valence-electron chi connectivity index (χ0n) is 17.2. The first-order valence-corrected chi connectivity index (χ1v) is 10.3. The standard InChI is InChI=1S/C24H27NO5/c1-2-29-23(28)24(15-18-30-20-11-7-4-8-12-20)13-16-25(17-14-24)22(27)21(26)19-9-5-3-6-10-19/h3-12H,2,13-18H2,1H3. The Balaban J connectivity index is 1.63. The van der Waals surface area contributed by atoms with Crippen LogP contribution in [0.15, 0.2) is 60.7 Å². The van der Waals surface area contributed by atoms with Gasteiger partial charge in [-0.3, -0.25) is 14.4 Å². The van der Waals surface area contributed by atoms with Crippen LogP contribution in [0.4, 0.5) is 0 Å². The number of amides is 1. The summed E-state index contributed by atoms with van der Waals surface area (Å²) in [6.07, 6.45) is 1.38. The number of Topliss-reactive ketones (excluding diaryl/α,β-unsaturated/α-hetero) is 1. The summed E-state index contributed by atoms with van der Waals surface area (Å²) in [7, 11) is 0. The van der Waals surface area contributed by atoms with Crippen LogP contribution in [0.1, 0.15) is 36.5 Å². The Hall–Kier alpha value is -3.15. The summed E-state index contributed by atoms with van der Waals surface area (Å²) in [5.74, 6) is -0.563. The molecule has 0 bridgehead atoms. The third kappa shape index (κ3) is 5.06. The molecule has 0 saturated carbocycles. The van der Waals surface area contributed by atoms with Crippen molar-refractivity contribution in [3.8, 4) is 5.75 Å². The lowest BCUT2D eigenvalue weighted by atomic mass is 9.75. The number of carbonyl (C=O) groups excluding carboxylic acids is 3. The van der Waals surface area contributed by atoms with Crippen LogP contribution in [0.2, 0.25) is 0 Å². The molecule has 6 nitrogen and oxygen atoms in total. The van der Waals surface area contributed by atoms with Gasteiger partial charge in [0.15, 0.2) is 0 Å². The van der Waals surface area contributed by atoms with Crippen LogP contribution in [0.5, 0.6) is 5.75 Å². The van der Waals surface area contributed by atoms with E-state index >= 15 is 0 Å². The van der Waals surface area contributed by atoms with E-state index in [1.54, 1.807) is 37.3 Å². The molecule has 158 valence electrons. The Kier molecular flexibility index (Phi) is 7.22. The van der Waals surface area contributed by atoms with Crippen LogP contribution in [0.3, 0.4) is 0 Å². The minimum atomic E-state index is -0.711. The van der Waals surface area contributed by atoms with Crippen molar-refractivity contribution in [3.63, 3.8) is 0 Å². The smallest absolute Gasteiger partial charge is 0.312 e. The molecule has 1 aliphatic rings. The molecule has 1 heterocycles. The van der Waals surface area contributed by atoms with Gasteiger partial charge in [0.25, 0.3) is 5.91 Å². The summed E-state index contributed by atoms with van der Waals surface area (Å²) >= 11 is 0. The third-order valence-corrected chi connectivity index (χ3v) is 5.54. The summed E-state index contributed by atoms with van der Waals surface area (Å²) in [5, 5.41) is 0. The molecule has 1 amide bonds. The highest BCUT2D eigenvalue weighted by molar-refractivity contribution is 6.42. The lowest BCUT2D eigenvalue weighted by molar-refractivity contribution is -0.161. The Labute approximate surface area is 176 Å². The van der Waals surface area contributed by atoms with E-state index in [0.717, 1.165) is 5.75 Å². The number of esters is 1. The maximum absolute atomic E-state index is 12.7. The lowest BCUT2D eigenvalue weighted by Gasteiger charge is -2.39. The Morgan fingerprint density at radius 2 is 1.53 bits per heavy atom. The molecule has 0 spiro atoms.